The number of carbonyl (C=O) groups excluding carboxylic acids is 1. The molecule has 0 bridgehead atoms. The van der Waals surface area contributed by atoms with Crippen LogP contribution in [0.2, 0.25) is 0 Å². The second-order valence-electron chi connectivity index (χ2n) is 4.81. The van der Waals surface area contributed by atoms with Gasteiger partial charge in [-0.3, -0.25) is 4.79 Å². The third kappa shape index (κ3) is 3.83. The van der Waals surface area contributed by atoms with Crippen LogP contribution in [-0.4, -0.2) is 48.8 Å². The predicted octanol–water partition coefficient (Wildman–Crippen LogP) is 1.20. The molecule has 0 saturated carbocycles. The Bertz CT molecular complexity index is 534. The minimum absolute atomic E-state index is 0.0197. The molecule has 1 aromatic carbocycles. The number of aliphatic hydroxyl groups excluding tert-OH is 1. The van der Waals surface area contributed by atoms with Gasteiger partial charge in [0.05, 0.1) is 6.61 Å². The Hall–Kier alpha value is -1.83. The number of hydrogen-bond acceptors (Lipinski definition) is 3. The molecule has 1 amide bonds. The molecule has 0 radical (unpaired) electrons. The van der Waals surface area contributed by atoms with Crippen LogP contribution in [-0.2, 0) is 4.74 Å². The Balaban J connectivity index is 2.22. The van der Waals surface area contributed by atoms with Crippen molar-refractivity contribution in [3.8, 4) is 11.8 Å². The van der Waals surface area contributed by atoms with E-state index < -0.39 is 0 Å². The van der Waals surface area contributed by atoms with Crippen molar-refractivity contribution in [2.24, 2.45) is 0 Å². The van der Waals surface area contributed by atoms with Gasteiger partial charge in [0, 0.05) is 30.8 Å². The number of aryl methyl sites for hydroxylation is 1. The van der Waals surface area contributed by atoms with Crippen LogP contribution in [0, 0.1) is 18.8 Å². The van der Waals surface area contributed by atoms with Gasteiger partial charge >= 0.3 is 0 Å². The molecule has 1 heterocycles. The maximum atomic E-state index is 12.5. The van der Waals surface area contributed by atoms with Crippen LogP contribution in [0.15, 0.2) is 18.2 Å². The van der Waals surface area contributed by atoms with Crippen LogP contribution in [0.4, 0.5) is 0 Å². The molecule has 1 aliphatic heterocycles. The SMILES string of the molecule is Cc1cc(C#CCO)cc(C(=O)N2CCCOCC2)c1. The van der Waals surface area contributed by atoms with Crippen molar-refractivity contribution in [1.82, 2.24) is 4.90 Å². The zero-order chi connectivity index (χ0) is 14.4. The molecule has 4 heteroatoms. The fraction of sp³-hybridized carbons (Fsp3) is 0.438. The summed E-state index contributed by atoms with van der Waals surface area (Å²) in [6, 6.07) is 5.56. The van der Waals surface area contributed by atoms with Gasteiger partial charge < -0.3 is 14.7 Å². The zero-order valence-electron chi connectivity index (χ0n) is 11.7. The number of benzene rings is 1. The lowest BCUT2D eigenvalue weighted by atomic mass is 10.1. The van der Waals surface area contributed by atoms with Crippen LogP contribution in [0.25, 0.3) is 0 Å². The van der Waals surface area contributed by atoms with Crippen LogP contribution >= 0.6 is 0 Å². The number of nitrogens with zero attached hydrogens (tertiary/aromatic N) is 1. The van der Waals surface area contributed by atoms with Gasteiger partial charge in [0.25, 0.3) is 5.91 Å². The minimum Gasteiger partial charge on any atom is -0.384 e. The highest BCUT2D eigenvalue weighted by atomic mass is 16.5. The summed E-state index contributed by atoms with van der Waals surface area (Å²) in [5, 5.41) is 8.75. The molecular weight excluding hydrogens is 254 g/mol. The number of carbonyl (C=O) groups is 1. The monoisotopic (exact) mass is 273 g/mol. The molecule has 106 valence electrons. The lowest BCUT2D eigenvalue weighted by Crippen LogP contribution is -2.33. The number of amides is 1. The molecule has 1 fully saturated rings. The summed E-state index contributed by atoms with van der Waals surface area (Å²) in [7, 11) is 0. The second kappa shape index (κ2) is 7.09. The highest BCUT2D eigenvalue weighted by molar-refractivity contribution is 5.94. The van der Waals surface area contributed by atoms with E-state index in [0.717, 1.165) is 24.1 Å². The Kier molecular flexibility index (Phi) is 5.16. The quantitative estimate of drug-likeness (QED) is 0.782. The number of aliphatic hydroxyl groups is 1. The minimum atomic E-state index is -0.180. The molecule has 0 aliphatic carbocycles. The Labute approximate surface area is 119 Å². The van der Waals surface area contributed by atoms with E-state index >= 15 is 0 Å². The van der Waals surface area contributed by atoms with Gasteiger partial charge in [-0.05, 0) is 37.1 Å². The Morgan fingerprint density at radius 1 is 1.35 bits per heavy atom. The van der Waals surface area contributed by atoms with Gasteiger partial charge in [-0.1, -0.05) is 11.8 Å². The highest BCUT2D eigenvalue weighted by Crippen LogP contribution is 2.13. The normalized spacial score (nSPS) is 15.2. The summed E-state index contributed by atoms with van der Waals surface area (Å²) in [6.45, 7) is 4.42. The van der Waals surface area contributed by atoms with Crippen molar-refractivity contribution in [2.45, 2.75) is 13.3 Å². The standard InChI is InChI=1S/C16H19NO3/c1-13-10-14(4-2-7-18)12-15(11-13)16(19)17-5-3-8-20-9-6-17/h10-12,18H,3,5-9H2,1H3. The van der Waals surface area contributed by atoms with Gasteiger partial charge in [0.2, 0.25) is 0 Å². The van der Waals surface area contributed by atoms with E-state index in [4.69, 9.17) is 9.84 Å². The van der Waals surface area contributed by atoms with Crippen molar-refractivity contribution in [3.05, 3.63) is 34.9 Å². The van der Waals surface area contributed by atoms with E-state index in [2.05, 4.69) is 11.8 Å². The fourth-order valence-corrected chi connectivity index (χ4v) is 2.25. The van der Waals surface area contributed by atoms with Gasteiger partial charge in [-0.25, -0.2) is 0 Å². The Morgan fingerprint density at radius 3 is 3.00 bits per heavy atom. The summed E-state index contributed by atoms with van der Waals surface area (Å²) < 4.78 is 5.37. The average Bonchev–Trinajstić information content (AvgIpc) is 2.72. The summed E-state index contributed by atoms with van der Waals surface area (Å²) in [5.41, 5.74) is 2.40. The molecular formula is C16H19NO3. The largest absolute Gasteiger partial charge is 0.384 e. The van der Waals surface area contributed by atoms with Crippen molar-refractivity contribution in [2.75, 3.05) is 32.9 Å². The highest BCUT2D eigenvalue weighted by Gasteiger charge is 2.17. The molecule has 4 nitrogen and oxygen atoms in total. The van der Waals surface area contributed by atoms with E-state index in [1.54, 1.807) is 6.07 Å². The molecule has 20 heavy (non-hydrogen) atoms. The van der Waals surface area contributed by atoms with Gasteiger partial charge in [0.15, 0.2) is 0 Å². The first kappa shape index (κ1) is 14.6. The maximum absolute atomic E-state index is 12.5. The maximum Gasteiger partial charge on any atom is 0.253 e. The van der Waals surface area contributed by atoms with Crippen LogP contribution in [0.3, 0.4) is 0 Å². The van der Waals surface area contributed by atoms with Crippen molar-refractivity contribution < 1.29 is 14.6 Å². The van der Waals surface area contributed by atoms with Crippen molar-refractivity contribution in [1.29, 1.82) is 0 Å². The topological polar surface area (TPSA) is 49.8 Å². The van der Waals surface area contributed by atoms with Gasteiger partial charge in [-0.15, -0.1) is 0 Å². The molecule has 1 N–H and O–H groups in total. The Morgan fingerprint density at radius 2 is 2.20 bits per heavy atom. The lowest BCUT2D eigenvalue weighted by molar-refractivity contribution is 0.0741. The third-order valence-corrected chi connectivity index (χ3v) is 3.15. The molecule has 1 aliphatic rings. The first-order valence-corrected chi connectivity index (χ1v) is 6.79. The first-order chi connectivity index (χ1) is 9.70. The average molecular weight is 273 g/mol. The van der Waals surface area contributed by atoms with Crippen molar-refractivity contribution in [3.63, 3.8) is 0 Å². The lowest BCUT2D eigenvalue weighted by Gasteiger charge is -2.20. The first-order valence-electron chi connectivity index (χ1n) is 6.79. The molecule has 1 aromatic rings. The van der Waals surface area contributed by atoms with E-state index in [1.165, 1.54) is 0 Å². The molecule has 1 saturated heterocycles. The van der Waals surface area contributed by atoms with Crippen LogP contribution in [0.5, 0.6) is 0 Å². The van der Waals surface area contributed by atoms with E-state index in [1.807, 2.05) is 24.0 Å². The molecule has 2 rings (SSSR count). The number of ether oxygens (including phenoxy) is 1. The summed E-state index contributed by atoms with van der Waals surface area (Å²) in [4.78, 5) is 14.3. The van der Waals surface area contributed by atoms with Crippen LogP contribution in [0.1, 0.15) is 27.9 Å². The third-order valence-electron chi connectivity index (χ3n) is 3.15. The van der Waals surface area contributed by atoms with Gasteiger partial charge in [-0.2, -0.15) is 0 Å². The van der Waals surface area contributed by atoms with Crippen molar-refractivity contribution >= 4 is 5.91 Å². The predicted molar refractivity (Wildman–Crippen MR) is 76.5 cm³/mol. The molecule has 0 atom stereocenters. The second-order valence-corrected chi connectivity index (χ2v) is 4.81. The molecule has 0 spiro atoms. The molecule has 0 unspecified atom stereocenters. The molecule has 0 aromatic heterocycles. The van der Waals surface area contributed by atoms with Gasteiger partial charge in [0.1, 0.15) is 6.61 Å². The number of rotatable bonds is 1. The van der Waals surface area contributed by atoms with E-state index in [9.17, 15) is 4.79 Å². The fourth-order valence-electron chi connectivity index (χ4n) is 2.25. The van der Waals surface area contributed by atoms with E-state index in [-0.39, 0.29) is 12.5 Å². The summed E-state index contributed by atoms with van der Waals surface area (Å²) >= 11 is 0. The zero-order valence-corrected chi connectivity index (χ0v) is 11.7. The van der Waals surface area contributed by atoms with E-state index in [0.29, 0.717) is 25.3 Å². The summed E-state index contributed by atoms with van der Waals surface area (Å²) in [6.07, 6.45) is 0.870. The van der Waals surface area contributed by atoms with Crippen LogP contribution < -0.4 is 0 Å². The smallest absolute Gasteiger partial charge is 0.253 e. The summed E-state index contributed by atoms with van der Waals surface area (Å²) in [5.74, 6) is 5.48. The number of hydrogen-bond donors (Lipinski definition) is 1.